The first kappa shape index (κ1) is 31.9. The Labute approximate surface area is 289 Å². The first-order chi connectivity index (χ1) is 22.3. The minimum absolute atomic E-state index is 0.0357. The fraction of sp³-hybridized carbons (Fsp3) is 0.619. The summed E-state index contributed by atoms with van der Waals surface area (Å²) >= 11 is -0.887. The van der Waals surface area contributed by atoms with Crippen molar-refractivity contribution in [2.45, 2.75) is 158 Å². The van der Waals surface area contributed by atoms with E-state index >= 15 is 0 Å². The normalized spacial score (nSPS) is 27.0. The molecular formula is C42H56P2Zr. The monoisotopic (exact) mass is 712 g/mol. The van der Waals surface area contributed by atoms with E-state index in [0.29, 0.717) is 0 Å². The van der Waals surface area contributed by atoms with Crippen LogP contribution in [0.4, 0.5) is 0 Å². The van der Waals surface area contributed by atoms with Crippen molar-refractivity contribution in [2.75, 3.05) is 0 Å². The second-order valence-electron chi connectivity index (χ2n) is 15.4. The number of benzene rings is 2. The molecule has 238 valence electrons. The molecule has 8 rings (SSSR count). The van der Waals surface area contributed by atoms with Crippen molar-refractivity contribution in [1.29, 1.82) is 0 Å². The topological polar surface area (TPSA) is 0 Å². The predicted octanol–water partition coefficient (Wildman–Crippen LogP) is 13.6. The van der Waals surface area contributed by atoms with Gasteiger partial charge < -0.3 is 0 Å². The summed E-state index contributed by atoms with van der Waals surface area (Å²) < 4.78 is 1.60. The van der Waals surface area contributed by atoms with Gasteiger partial charge in [0.05, 0.1) is 0 Å². The van der Waals surface area contributed by atoms with Crippen LogP contribution in [-0.2, 0) is 23.2 Å². The van der Waals surface area contributed by atoms with E-state index in [1.54, 1.807) is 22.3 Å². The quantitative estimate of drug-likeness (QED) is 0.239. The Morgan fingerprint density at radius 3 is 1.04 bits per heavy atom. The fourth-order valence-corrected chi connectivity index (χ4v) is 25.8. The van der Waals surface area contributed by atoms with E-state index < -0.39 is 23.2 Å². The van der Waals surface area contributed by atoms with Crippen LogP contribution in [0, 0.1) is 0 Å². The fourth-order valence-electron chi connectivity index (χ4n) is 10.5. The average Bonchev–Trinajstić information content (AvgIpc) is 3.65. The predicted molar refractivity (Wildman–Crippen MR) is 196 cm³/mol. The molecule has 0 spiro atoms. The third-order valence-electron chi connectivity index (χ3n) is 12.6. The Hall–Kier alpha value is -0.337. The van der Waals surface area contributed by atoms with Crippen LogP contribution in [0.5, 0.6) is 0 Å². The standard InChI is InChI=1S/2C21H28P.Zr/c2*1-3-11-19(12-4-1)22(20-13-5-2-6-14-20)21-15-17-9-7-8-10-18(17)16-21;/h2*7-10,15-16,19-20H,1-6,11-14H2;. The summed E-state index contributed by atoms with van der Waals surface area (Å²) in [6.45, 7) is 0. The molecule has 3 heteroatoms. The van der Waals surface area contributed by atoms with E-state index in [4.69, 9.17) is 0 Å². The second kappa shape index (κ2) is 15.1. The zero-order chi connectivity index (χ0) is 30.0. The maximum atomic E-state index is 2.84. The molecule has 2 aromatic rings. The molecule has 0 saturated heterocycles. The molecule has 0 aromatic heterocycles. The van der Waals surface area contributed by atoms with E-state index in [2.05, 4.69) is 60.7 Å². The van der Waals surface area contributed by atoms with Crippen molar-refractivity contribution >= 4 is 28.0 Å². The maximum absolute atomic E-state index is 2.84. The molecule has 0 amide bonds. The van der Waals surface area contributed by atoms with Crippen molar-refractivity contribution in [3.05, 3.63) is 81.4 Å². The molecular weight excluding hydrogens is 658 g/mol. The summed E-state index contributed by atoms with van der Waals surface area (Å²) in [5.74, 6) is 0. The number of fused-ring (bicyclic) bond motifs is 2. The summed E-state index contributed by atoms with van der Waals surface area (Å²) in [4.78, 5) is 0. The number of hydrogen-bond acceptors (Lipinski definition) is 0. The summed E-state index contributed by atoms with van der Waals surface area (Å²) in [6.07, 6.45) is 35.8. The molecule has 6 aliphatic carbocycles. The van der Waals surface area contributed by atoms with Crippen LogP contribution in [0.1, 0.15) is 158 Å². The first-order valence-electron chi connectivity index (χ1n) is 19.3. The van der Waals surface area contributed by atoms with Crippen molar-refractivity contribution in [3.8, 4) is 0 Å². The Kier molecular flexibility index (Phi) is 10.7. The van der Waals surface area contributed by atoms with Crippen molar-refractivity contribution in [1.82, 2.24) is 0 Å². The summed E-state index contributed by atoms with van der Waals surface area (Å²) in [6, 6.07) is 19.6. The van der Waals surface area contributed by atoms with Crippen LogP contribution in [0.15, 0.2) is 59.2 Å². The molecule has 2 unspecified atom stereocenters. The molecule has 0 N–H and O–H groups in total. The van der Waals surface area contributed by atoms with Gasteiger partial charge in [0.2, 0.25) is 0 Å². The molecule has 0 aliphatic heterocycles. The van der Waals surface area contributed by atoms with Crippen LogP contribution < -0.4 is 0 Å². The Morgan fingerprint density at radius 1 is 0.400 bits per heavy atom. The van der Waals surface area contributed by atoms with Gasteiger partial charge in [-0.1, -0.05) is 0 Å². The van der Waals surface area contributed by atoms with E-state index in [1.165, 1.54) is 128 Å². The summed E-state index contributed by atoms with van der Waals surface area (Å²) in [5.41, 5.74) is 10.8. The summed E-state index contributed by atoms with van der Waals surface area (Å²) in [7, 11) is -0.0714. The van der Waals surface area contributed by atoms with Gasteiger partial charge in [-0.15, -0.1) is 0 Å². The molecule has 4 saturated carbocycles. The Bertz CT molecular complexity index is 1210. The number of hydrogen-bond donors (Lipinski definition) is 0. The zero-order valence-corrected chi connectivity index (χ0v) is 32.0. The molecule has 0 nitrogen and oxygen atoms in total. The third kappa shape index (κ3) is 6.79. The van der Waals surface area contributed by atoms with E-state index in [1.807, 2.05) is 10.6 Å². The average molecular weight is 714 g/mol. The van der Waals surface area contributed by atoms with Gasteiger partial charge in [-0.05, 0) is 0 Å². The van der Waals surface area contributed by atoms with Gasteiger partial charge in [0.15, 0.2) is 0 Å². The van der Waals surface area contributed by atoms with Crippen LogP contribution in [0.2, 0.25) is 0 Å². The van der Waals surface area contributed by atoms with Crippen molar-refractivity contribution in [2.24, 2.45) is 0 Å². The molecule has 6 aliphatic rings. The molecule has 0 bridgehead atoms. The minimum atomic E-state index is -0.887. The van der Waals surface area contributed by atoms with E-state index in [0.717, 1.165) is 29.9 Å². The van der Waals surface area contributed by atoms with Gasteiger partial charge in [0, 0.05) is 0 Å². The molecule has 0 heterocycles. The SMILES string of the molecule is C1=C(P(C2CCCCC2)C2CCCCC2)[CH]([Zr][CH]2C(P(C3CCCCC3)C3CCCCC3)=Cc3ccccc32)c2ccccc21. The van der Waals surface area contributed by atoms with Crippen LogP contribution in [0.3, 0.4) is 0 Å². The van der Waals surface area contributed by atoms with Crippen molar-refractivity contribution in [3.63, 3.8) is 0 Å². The third-order valence-corrected chi connectivity index (χ3v) is 25.7. The molecule has 2 aromatic carbocycles. The molecule has 45 heavy (non-hydrogen) atoms. The second-order valence-corrected chi connectivity index (χ2v) is 24.7. The summed E-state index contributed by atoms with van der Waals surface area (Å²) in [5, 5.41) is 4.06. The molecule has 4 fully saturated rings. The van der Waals surface area contributed by atoms with Crippen LogP contribution in [-0.4, -0.2) is 22.6 Å². The van der Waals surface area contributed by atoms with E-state index in [9.17, 15) is 0 Å². The zero-order valence-electron chi connectivity index (χ0n) is 27.8. The van der Waals surface area contributed by atoms with Crippen LogP contribution in [0.25, 0.3) is 12.2 Å². The molecule has 2 atom stereocenters. The number of allylic oxidation sites excluding steroid dienone is 2. The Morgan fingerprint density at radius 2 is 0.711 bits per heavy atom. The first-order valence-corrected chi connectivity index (χ1v) is 25.1. The Balaban J connectivity index is 1.18. The van der Waals surface area contributed by atoms with Gasteiger partial charge in [0.1, 0.15) is 0 Å². The van der Waals surface area contributed by atoms with Gasteiger partial charge in [-0.25, -0.2) is 0 Å². The van der Waals surface area contributed by atoms with Crippen molar-refractivity contribution < 1.29 is 23.2 Å². The molecule has 0 radical (unpaired) electrons. The van der Waals surface area contributed by atoms with E-state index in [-0.39, 0.29) is 15.8 Å². The van der Waals surface area contributed by atoms with Crippen LogP contribution >= 0.6 is 15.8 Å². The van der Waals surface area contributed by atoms with Gasteiger partial charge in [-0.2, -0.15) is 0 Å². The van der Waals surface area contributed by atoms with Gasteiger partial charge in [-0.3, -0.25) is 0 Å². The number of rotatable bonds is 8. The van der Waals surface area contributed by atoms with Gasteiger partial charge >= 0.3 is 291 Å². The van der Waals surface area contributed by atoms with Gasteiger partial charge in [0.25, 0.3) is 0 Å².